The molecule has 0 atom stereocenters. The van der Waals surface area contributed by atoms with E-state index in [9.17, 15) is 14.7 Å². The lowest BCUT2D eigenvalue weighted by Gasteiger charge is -2.31. The molecular formula is C20H32O4. The van der Waals surface area contributed by atoms with Crippen LogP contribution in [0.2, 0.25) is 0 Å². The Kier molecular flexibility index (Phi) is 6.47. The molecule has 0 unspecified atom stereocenters. The van der Waals surface area contributed by atoms with E-state index in [0.717, 1.165) is 57.8 Å². The van der Waals surface area contributed by atoms with E-state index in [2.05, 4.69) is 0 Å². The number of carboxylic acid groups (broad SMARTS) is 1. The van der Waals surface area contributed by atoms with Gasteiger partial charge >= 0.3 is 11.9 Å². The van der Waals surface area contributed by atoms with E-state index in [1.54, 1.807) is 0 Å². The standard InChI is InChI=1S/C20H32O4/c1-20(2,3)24-19(23)17(15-12-8-5-9-13-15)16(18(21)22)14-10-6-4-7-11-14/h14-15H,4-13H2,1-3H3,(H,21,22). The van der Waals surface area contributed by atoms with Gasteiger partial charge in [0.15, 0.2) is 0 Å². The molecule has 136 valence electrons. The Balaban J connectivity index is 2.42. The highest BCUT2D eigenvalue weighted by molar-refractivity contribution is 6.00. The van der Waals surface area contributed by atoms with E-state index in [1.807, 2.05) is 20.8 Å². The normalized spacial score (nSPS) is 22.0. The number of ether oxygens (including phenoxy) is 1. The lowest BCUT2D eigenvalue weighted by molar-refractivity contribution is -0.151. The fraction of sp³-hybridized carbons (Fsp3) is 0.800. The van der Waals surface area contributed by atoms with Crippen molar-refractivity contribution >= 4 is 11.9 Å². The number of esters is 1. The van der Waals surface area contributed by atoms with E-state index in [0.29, 0.717) is 11.1 Å². The van der Waals surface area contributed by atoms with Gasteiger partial charge in [-0.1, -0.05) is 38.5 Å². The van der Waals surface area contributed by atoms with Gasteiger partial charge in [0.1, 0.15) is 5.60 Å². The van der Waals surface area contributed by atoms with Crippen molar-refractivity contribution in [3.05, 3.63) is 11.1 Å². The molecule has 0 amide bonds. The van der Waals surface area contributed by atoms with Gasteiger partial charge in [0.2, 0.25) is 0 Å². The van der Waals surface area contributed by atoms with Gasteiger partial charge in [0.05, 0.1) is 11.1 Å². The number of rotatable bonds is 4. The summed E-state index contributed by atoms with van der Waals surface area (Å²) in [6, 6.07) is 0. The number of carboxylic acids is 1. The van der Waals surface area contributed by atoms with E-state index in [-0.39, 0.29) is 11.8 Å². The first-order chi connectivity index (χ1) is 11.3. The van der Waals surface area contributed by atoms with Crippen LogP contribution in [-0.2, 0) is 14.3 Å². The third-order valence-corrected chi connectivity index (χ3v) is 5.17. The summed E-state index contributed by atoms with van der Waals surface area (Å²) in [7, 11) is 0. The van der Waals surface area contributed by atoms with Crippen molar-refractivity contribution in [1.29, 1.82) is 0 Å². The Morgan fingerprint density at radius 1 is 0.792 bits per heavy atom. The maximum atomic E-state index is 12.9. The molecule has 2 aliphatic rings. The van der Waals surface area contributed by atoms with Gasteiger partial charge in [-0.2, -0.15) is 0 Å². The van der Waals surface area contributed by atoms with E-state index < -0.39 is 17.5 Å². The molecule has 2 aliphatic carbocycles. The molecule has 0 saturated heterocycles. The van der Waals surface area contributed by atoms with Crippen LogP contribution >= 0.6 is 0 Å². The summed E-state index contributed by atoms with van der Waals surface area (Å²) in [5.74, 6) is -1.28. The van der Waals surface area contributed by atoms with Crippen LogP contribution in [0.15, 0.2) is 11.1 Å². The Labute approximate surface area is 145 Å². The monoisotopic (exact) mass is 336 g/mol. The van der Waals surface area contributed by atoms with Crippen LogP contribution in [0.5, 0.6) is 0 Å². The predicted octanol–water partition coefficient (Wildman–Crippen LogP) is 4.87. The molecule has 0 aliphatic heterocycles. The average Bonchev–Trinajstić information content (AvgIpc) is 2.52. The second kappa shape index (κ2) is 8.17. The van der Waals surface area contributed by atoms with Crippen LogP contribution in [-0.4, -0.2) is 22.6 Å². The minimum atomic E-state index is -0.923. The zero-order valence-corrected chi connectivity index (χ0v) is 15.4. The molecule has 2 saturated carbocycles. The molecule has 0 heterocycles. The summed E-state index contributed by atoms with van der Waals surface area (Å²) in [6.07, 6.45) is 10.1. The fourth-order valence-electron chi connectivity index (χ4n) is 4.12. The third kappa shape index (κ3) is 5.09. The van der Waals surface area contributed by atoms with E-state index in [4.69, 9.17) is 4.74 Å². The first-order valence-electron chi connectivity index (χ1n) is 9.50. The molecule has 0 bridgehead atoms. The lowest BCUT2D eigenvalue weighted by atomic mass is 9.75. The number of hydrogen-bond donors (Lipinski definition) is 1. The quantitative estimate of drug-likeness (QED) is 0.587. The van der Waals surface area contributed by atoms with Crippen LogP contribution in [0.4, 0.5) is 0 Å². The summed E-state index contributed by atoms with van der Waals surface area (Å²) in [5.41, 5.74) is 0.229. The van der Waals surface area contributed by atoms with Gasteiger partial charge < -0.3 is 9.84 Å². The summed E-state index contributed by atoms with van der Waals surface area (Å²) in [5, 5.41) is 9.91. The highest BCUT2D eigenvalue weighted by Gasteiger charge is 2.35. The maximum absolute atomic E-state index is 12.9. The minimum Gasteiger partial charge on any atom is -0.478 e. The van der Waals surface area contributed by atoms with E-state index >= 15 is 0 Å². The summed E-state index contributed by atoms with van der Waals surface area (Å²) in [6.45, 7) is 5.51. The highest BCUT2D eigenvalue weighted by atomic mass is 16.6. The second-order valence-corrected chi connectivity index (χ2v) is 8.30. The molecule has 0 spiro atoms. The summed E-state index contributed by atoms with van der Waals surface area (Å²) < 4.78 is 5.61. The fourth-order valence-corrected chi connectivity index (χ4v) is 4.12. The second-order valence-electron chi connectivity index (χ2n) is 8.30. The molecular weight excluding hydrogens is 304 g/mol. The van der Waals surface area contributed by atoms with Crippen molar-refractivity contribution in [2.45, 2.75) is 90.6 Å². The number of carbonyl (C=O) groups excluding carboxylic acids is 1. The Morgan fingerprint density at radius 2 is 1.21 bits per heavy atom. The first-order valence-corrected chi connectivity index (χ1v) is 9.50. The molecule has 2 fully saturated rings. The molecule has 4 heteroatoms. The maximum Gasteiger partial charge on any atom is 0.335 e. The van der Waals surface area contributed by atoms with Gasteiger partial charge in [0.25, 0.3) is 0 Å². The molecule has 0 aromatic heterocycles. The SMILES string of the molecule is CC(C)(C)OC(=O)C(=C(C(=O)O)C1CCCCC1)C1CCCCC1. The molecule has 0 radical (unpaired) electrons. The summed E-state index contributed by atoms with van der Waals surface area (Å²) >= 11 is 0. The smallest absolute Gasteiger partial charge is 0.335 e. The molecule has 4 nitrogen and oxygen atoms in total. The number of aliphatic carboxylic acids is 1. The zero-order chi connectivity index (χ0) is 17.7. The van der Waals surface area contributed by atoms with Gasteiger partial charge in [-0.25, -0.2) is 9.59 Å². The third-order valence-electron chi connectivity index (χ3n) is 5.17. The highest BCUT2D eigenvalue weighted by Crippen LogP contribution is 2.38. The van der Waals surface area contributed by atoms with E-state index in [1.165, 1.54) is 6.42 Å². The number of hydrogen-bond acceptors (Lipinski definition) is 3. The average molecular weight is 336 g/mol. The van der Waals surface area contributed by atoms with Crippen molar-refractivity contribution in [3.63, 3.8) is 0 Å². The molecule has 2 rings (SSSR count). The number of carbonyl (C=O) groups is 2. The largest absolute Gasteiger partial charge is 0.478 e. The predicted molar refractivity (Wildman–Crippen MR) is 93.7 cm³/mol. The van der Waals surface area contributed by atoms with Crippen molar-refractivity contribution in [2.24, 2.45) is 11.8 Å². The van der Waals surface area contributed by atoms with Gasteiger partial charge in [-0.3, -0.25) is 0 Å². The first kappa shape index (κ1) is 19.0. The van der Waals surface area contributed by atoms with Crippen LogP contribution in [0.1, 0.15) is 85.0 Å². The van der Waals surface area contributed by atoms with Crippen LogP contribution in [0, 0.1) is 11.8 Å². The van der Waals surface area contributed by atoms with Crippen LogP contribution in [0.3, 0.4) is 0 Å². The lowest BCUT2D eigenvalue weighted by Crippen LogP contribution is -2.31. The minimum absolute atomic E-state index is 0.000643. The van der Waals surface area contributed by atoms with Crippen LogP contribution < -0.4 is 0 Å². The van der Waals surface area contributed by atoms with Gasteiger partial charge in [-0.15, -0.1) is 0 Å². The van der Waals surface area contributed by atoms with Crippen molar-refractivity contribution in [1.82, 2.24) is 0 Å². The topological polar surface area (TPSA) is 63.6 Å². The molecule has 24 heavy (non-hydrogen) atoms. The summed E-state index contributed by atoms with van der Waals surface area (Å²) in [4.78, 5) is 25.0. The molecule has 0 aromatic carbocycles. The van der Waals surface area contributed by atoms with Crippen molar-refractivity contribution in [2.75, 3.05) is 0 Å². The Hall–Kier alpha value is -1.32. The Morgan fingerprint density at radius 3 is 1.58 bits per heavy atom. The van der Waals surface area contributed by atoms with Gasteiger partial charge in [0, 0.05) is 0 Å². The molecule has 1 N–H and O–H groups in total. The molecule has 0 aromatic rings. The van der Waals surface area contributed by atoms with Crippen molar-refractivity contribution in [3.8, 4) is 0 Å². The van der Waals surface area contributed by atoms with Gasteiger partial charge in [-0.05, 0) is 58.3 Å². The Bertz CT molecular complexity index is 486. The zero-order valence-electron chi connectivity index (χ0n) is 15.4. The van der Waals surface area contributed by atoms with Crippen LogP contribution in [0.25, 0.3) is 0 Å². The van der Waals surface area contributed by atoms with Crippen molar-refractivity contribution < 1.29 is 19.4 Å².